The fourth-order valence-electron chi connectivity index (χ4n) is 2.87. The summed E-state index contributed by atoms with van der Waals surface area (Å²) >= 11 is 0. The van der Waals surface area contributed by atoms with Crippen molar-refractivity contribution < 1.29 is 19.3 Å². The molecule has 0 heterocycles. The first kappa shape index (κ1) is 27.7. The lowest BCUT2D eigenvalue weighted by molar-refractivity contribution is 0.0258. The van der Waals surface area contributed by atoms with Gasteiger partial charge in [0.2, 0.25) is 0 Å². The molecule has 0 saturated heterocycles. The number of rotatable bonds is 12. The van der Waals surface area contributed by atoms with Crippen molar-refractivity contribution in [2.75, 3.05) is 40.5 Å². The first-order valence-electron chi connectivity index (χ1n) is 10.00. The minimum absolute atomic E-state index is 0. The van der Waals surface area contributed by atoms with Gasteiger partial charge in [-0.25, -0.2) is 0 Å². The molecule has 3 N–H and O–H groups in total. The number of aliphatic imine (C=N–C) groups is 1. The number of nitrogens with one attached hydrogen (secondary N) is 2. The van der Waals surface area contributed by atoms with Crippen molar-refractivity contribution in [2.24, 2.45) is 10.9 Å². The van der Waals surface area contributed by atoms with Gasteiger partial charge in [0.05, 0.1) is 26.9 Å². The lowest BCUT2D eigenvalue weighted by Gasteiger charge is -2.21. The minimum atomic E-state index is -0.799. The predicted octanol–water partition coefficient (Wildman–Crippen LogP) is 3.36. The van der Waals surface area contributed by atoms with Gasteiger partial charge < -0.3 is 30.0 Å². The fourth-order valence-corrected chi connectivity index (χ4v) is 2.87. The Balaban J connectivity index is 0.00000784. The Morgan fingerprint density at radius 1 is 1.14 bits per heavy atom. The standard InChI is InChI=1S/C21H37N3O4.HI/c1-7-22-21(23-12-11-19(15(3)4)28-8-2)24-14-18(25)17-13-16(26-5)9-10-20(17)27-6;/h9-10,13,15,18-19,25H,7-8,11-12,14H2,1-6H3,(H2,22,23,24);1H. The Bertz CT molecular complexity index is 599. The summed E-state index contributed by atoms with van der Waals surface area (Å²) in [4.78, 5) is 4.52. The van der Waals surface area contributed by atoms with Gasteiger partial charge in [0.25, 0.3) is 0 Å². The molecule has 29 heavy (non-hydrogen) atoms. The molecular weight excluding hydrogens is 485 g/mol. The first-order valence-corrected chi connectivity index (χ1v) is 10.00. The van der Waals surface area contributed by atoms with E-state index in [1.54, 1.807) is 32.4 Å². The van der Waals surface area contributed by atoms with E-state index in [1.165, 1.54) is 0 Å². The molecule has 2 unspecified atom stereocenters. The molecule has 0 amide bonds. The second-order valence-corrected chi connectivity index (χ2v) is 6.80. The molecule has 0 spiro atoms. The van der Waals surface area contributed by atoms with Crippen molar-refractivity contribution >= 4 is 29.9 Å². The fraction of sp³-hybridized carbons (Fsp3) is 0.667. The van der Waals surface area contributed by atoms with Gasteiger partial charge in [0.1, 0.15) is 17.6 Å². The van der Waals surface area contributed by atoms with Gasteiger partial charge in [-0.2, -0.15) is 0 Å². The van der Waals surface area contributed by atoms with Crippen LogP contribution in [0.2, 0.25) is 0 Å². The van der Waals surface area contributed by atoms with E-state index in [2.05, 4.69) is 29.5 Å². The summed E-state index contributed by atoms with van der Waals surface area (Å²) in [6.07, 6.45) is 0.307. The van der Waals surface area contributed by atoms with Gasteiger partial charge in [0.15, 0.2) is 5.96 Å². The molecule has 2 atom stereocenters. The second-order valence-electron chi connectivity index (χ2n) is 6.80. The molecule has 0 aliphatic carbocycles. The van der Waals surface area contributed by atoms with Crippen molar-refractivity contribution in [3.63, 3.8) is 0 Å². The largest absolute Gasteiger partial charge is 0.497 e. The average molecular weight is 523 g/mol. The van der Waals surface area contributed by atoms with Crippen molar-refractivity contribution in [3.8, 4) is 11.5 Å². The molecule has 0 fully saturated rings. The van der Waals surface area contributed by atoms with Crippen LogP contribution < -0.4 is 20.1 Å². The molecule has 0 radical (unpaired) electrons. The number of hydrogen-bond acceptors (Lipinski definition) is 5. The molecule has 0 aliphatic rings. The van der Waals surface area contributed by atoms with E-state index in [0.29, 0.717) is 35.5 Å². The van der Waals surface area contributed by atoms with Crippen LogP contribution >= 0.6 is 24.0 Å². The van der Waals surface area contributed by atoms with E-state index in [1.807, 2.05) is 13.8 Å². The number of guanidine groups is 1. The minimum Gasteiger partial charge on any atom is -0.497 e. The van der Waals surface area contributed by atoms with Crippen LogP contribution in [0.15, 0.2) is 23.2 Å². The van der Waals surface area contributed by atoms with Gasteiger partial charge in [-0.1, -0.05) is 13.8 Å². The monoisotopic (exact) mass is 523 g/mol. The maximum Gasteiger partial charge on any atom is 0.191 e. The lowest BCUT2D eigenvalue weighted by atomic mass is 10.0. The summed E-state index contributed by atoms with van der Waals surface area (Å²) in [7, 11) is 3.17. The third-order valence-electron chi connectivity index (χ3n) is 4.41. The number of aliphatic hydroxyl groups excluding tert-OH is 1. The van der Waals surface area contributed by atoms with Crippen LogP contribution in [-0.2, 0) is 4.74 Å². The van der Waals surface area contributed by atoms with Crippen molar-refractivity contribution in [2.45, 2.75) is 46.3 Å². The van der Waals surface area contributed by atoms with Crippen LogP contribution in [0.3, 0.4) is 0 Å². The van der Waals surface area contributed by atoms with E-state index >= 15 is 0 Å². The number of methoxy groups -OCH3 is 2. The van der Waals surface area contributed by atoms with E-state index in [9.17, 15) is 5.11 Å². The Morgan fingerprint density at radius 2 is 1.86 bits per heavy atom. The molecule has 7 nitrogen and oxygen atoms in total. The van der Waals surface area contributed by atoms with Gasteiger partial charge in [-0.05, 0) is 44.4 Å². The molecule has 0 bridgehead atoms. The molecule has 0 aliphatic heterocycles. The van der Waals surface area contributed by atoms with E-state index in [-0.39, 0.29) is 36.6 Å². The number of halogens is 1. The zero-order valence-electron chi connectivity index (χ0n) is 18.5. The smallest absolute Gasteiger partial charge is 0.191 e. The SMILES string of the molecule is CCNC(=NCC(O)c1cc(OC)ccc1OC)NCCC(OCC)C(C)C.I. The summed E-state index contributed by atoms with van der Waals surface area (Å²) in [6.45, 7) is 10.8. The van der Waals surface area contributed by atoms with Crippen LogP contribution in [0.5, 0.6) is 11.5 Å². The van der Waals surface area contributed by atoms with E-state index < -0.39 is 6.10 Å². The third kappa shape index (κ3) is 9.86. The van der Waals surface area contributed by atoms with E-state index in [4.69, 9.17) is 14.2 Å². The summed E-state index contributed by atoms with van der Waals surface area (Å²) in [5.74, 6) is 2.41. The highest BCUT2D eigenvalue weighted by atomic mass is 127. The highest BCUT2D eigenvalue weighted by Gasteiger charge is 2.16. The number of aliphatic hydroxyl groups is 1. The molecule has 8 heteroatoms. The van der Waals surface area contributed by atoms with Crippen LogP contribution in [0.25, 0.3) is 0 Å². The predicted molar refractivity (Wildman–Crippen MR) is 129 cm³/mol. The normalized spacial score (nSPS) is 13.4. The number of benzene rings is 1. The topological polar surface area (TPSA) is 84.3 Å². The summed E-state index contributed by atoms with van der Waals surface area (Å²) in [5.41, 5.74) is 0.651. The third-order valence-corrected chi connectivity index (χ3v) is 4.41. The average Bonchev–Trinajstić information content (AvgIpc) is 2.70. The number of nitrogens with zero attached hydrogens (tertiary/aromatic N) is 1. The molecule has 0 aromatic heterocycles. The summed E-state index contributed by atoms with van der Waals surface area (Å²) < 4.78 is 16.4. The van der Waals surface area contributed by atoms with Gasteiger partial charge in [-0.3, -0.25) is 4.99 Å². The maximum absolute atomic E-state index is 10.6. The Morgan fingerprint density at radius 3 is 2.41 bits per heavy atom. The Hall–Kier alpha value is -1.26. The van der Waals surface area contributed by atoms with Crippen molar-refractivity contribution in [1.82, 2.24) is 10.6 Å². The van der Waals surface area contributed by atoms with Crippen LogP contribution in [-0.4, -0.2) is 57.6 Å². The number of hydrogen-bond donors (Lipinski definition) is 3. The quantitative estimate of drug-likeness (QED) is 0.222. The zero-order chi connectivity index (χ0) is 20.9. The zero-order valence-corrected chi connectivity index (χ0v) is 20.9. The first-order chi connectivity index (χ1) is 13.5. The van der Waals surface area contributed by atoms with Crippen molar-refractivity contribution in [1.29, 1.82) is 0 Å². The molecule has 168 valence electrons. The highest BCUT2D eigenvalue weighted by Crippen LogP contribution is 2.29. The van der Waals surface area contributed by atoms with Gasteiger partial charge in [0, 0.05) is 25.3 Å². The Labute approximate surface area is 192 Å². The summed E-state index contributed by atoms with van der Waals surface area (Å²) in [5, 5.41) is 17.1. The molecular formula is C21H38IN3O4. The molecule has 1 aromatic carbocycles. The second kappa shape index (κ2) is 15.6. The highest BCUT2D eigenvalue weighted by molar-refractivity contribution is 14.0. The van der Waals surface area contributed by atoms with E-state index in [0.717, 1.165) is 19.5 Å². The van der Waals surface area contributed by atoms with Gasteiger partial charge in [-0.15, -0.1) is 24.0 Å². The Kier molecular flexibility index (Phi) is 14.9. The van der Waals surface area contributed by atoms with Gasteiger partial charge >= 0.3 is 0 Å². The van der Waals surface area contributed by atoms with Crippen LogP contribution in [0.1, 0.15) is 45.8 Å². The van der Waals surface area contributed by atoms with Crippen LogP contribution in [0.4, 0.5) is 0 Å². The lowest BCUT2D eigenvalue weighted by Crippen LogP contribution is -2.39. The summed E-state index contributed by atoms with van der Waals surface area (Å²) in [6, 6.07) is 5.35. The molecule has 1 rings (SSSR count). The molecule has 1 aromatic rings. The maximum atomic E-state index is 10.6. The number of ether oxygens (including phenoxy) is 3. The van der Waals surface area contributed by atoms with Crippen LogP contribution in [0, 0.1) is 5.92 Å². The van der Waals surface area contributed by atoms with Crippen molar-refractivity contribution in [3.05, 3.63) is 23.8 Å². The molecule has 0 saturated carbocycles.